The van der Waals surface area contributed by atoms with E-state index < -0.39 is 0 Å². The molecular weight excluding hydrogens is 572 g/mol. The fraction of sp³-hybridized carbons (Fsp3) is 0.528. The highest BCUT2D eigenvalue weighted by molar-refractivity contribution is 6.30. The van der Waals surface area contributed by atoms with E-state index in [4.69, 9.17) is 26.9 Å². The van der Waals surface area contributed by atoms with Crippen LogP contribution in [0.25, 0.3) is 0 Å². The third kappa shape index (κ3) is 12.8. The zero-order chi connectivity index (χ0) is 33.0. The average molecular weight is 627 g/mol. The Hall–Kier alpha value is -3.16. The lowest BCUT2D eigenvalue weighted by Gasteiger charge is -2.35. The van der Waals surface area contributed by atoms with Crippen molar-refractivity contribution in [2.75, 3.05) is 20.1 Å². The minimum absolute atomic E-state index is 0.160. The molecule has 3 heterocycles. The number of benzene rings is 1. The SMILES string of the molecule is C/C=C\C(C)=N.CCCCCC(CC)C(=O)N1CC(C)C2(c3ccc(CC)cc3)OC2C1.CN/C=C\O.Clc1cccnc1. The van der Waals surface area contributed by atoms with Gasteiger partial charge in [-0.3, -0.25) is 9.78 Å². The molecule has 4 atom stereocenters. The first-order valence-electron chi connectivity index (χ1n) is 15.9. The van der Waals surface area contributed by atoms with Crippen LogP contribution in [0.2, 0.25) is 5.02 Å². The monoisotopic (exact) mass is 626 g/mol. The quantitative estimate of drug-likeness (QED) is 0.106. The van der Waals surface area contributed by atoms with E-state index in [1.54, 1.807) is 44.6 Å². The van der Waals surface area contributed by atoms with Gasteiger partial charge in [-0.15, -0.1) is 0 Å². The van der Waals surface area contributed by atoms with E-state index in [0.29, 0.717) is 22.6 Å². The number of piperidine rings is 1. The number of unbranched alkanes of at least 4 members (excludes halogenated alkanes) is 2. The second-order valence-electron chi connectivity index (χ2n) is 11.2. The minimum atomic E-state index is -0.160. The summed E-state index contributed by atoms with van der Waals surface area (Å²) in [6, 6.07) is 12.5. The molecule has 2 aromatic rings. The smallest absolute Gasteiger partial charge is 0.225 e. The number of aromatic nitrogens is 1. The number of aliphatic hydroxyl groups is 1. The van der Waals surface area contributed by atoms with Gasteiger partial charge in [0.05, 0.1) is 17.8 Å². The number of hydrogen-bond donors (Lipinski definition) is 3. The third-order valence-corrected chi connectivity index (χ3v) is 8.00. The molecule has 2 fully saturated rings. The molecule has 2 aliphatic heterocycles. The Bertz CT molecular complexity index is 1140. The van der Waals surface area contributed by atoms with Crippen LogP contribution < -0.4 is 5.32 Å². The van der Waals surface area contributed by atoms with Crippen LogP contribution in [0.5, 0.6) is 0 Å². The van der Waals surface area contributed by atoms with E-state index in [1.807, 2.05) is 13.0 Å². The first kappa shape index (κ1) is 38.9. The van der Waals surface area contributed by atoms with Crippen molar-refractivity contribution in [2.45, 2.75) is 91.8 Å². The molecule has 1 aromatic heterocycles. The van der Waals surface area contributed by atoms with E-state index in [0.717, 1.165) is 45.0 Å². The number of nitrogens with one attached hydrogen (secondary N) is 2. The number of epoxide rings is 1. The molecule has 1 aromatic carbocycles. The van der Waals surface area contributed by atoms with Crippen molar-refractivity contribution in [3.05, 3.63) is 89.6 Å². The normalized spacial score (nSPS) is 20.6. The standard InChI is InChI=1S/C23H35NO2.C5H4ClN.C5H9N.C3H7NO/c1-5-8-9-10-19(7-3)22(25)24-15-17(4)23(21(16-24)26-23)20-13-11-18(6-2)12-14-20;6-5-2-1-3-7-4-5;1-3-4-5(2)6;1-4-2-3-5/h11-14,17,19,21H,5-10,15-16H2,1-4H3;1-4H;3-4,6H,1-2H3;2-5H,1H3/b;;4-3-,6-5?;3-2-. The van der Waals surface area contributed by atoms with Crippen molar-refractivity contribution >= 4 is 23.2 Å². The number of aliphatic hydroxyl groups excluding tert-OH is 1. The maximum Gasteiger partial charge on any atom is 0.225 e. The van der Waals surface area contributed by atoms with Gasteiger partial charge >= 0.3 is 0 Å². The van der Waals surface area contributed by atoms with Gasteiger partial charge in [0.15, 0.2) is 0 Å². The summed E-state index contributed by atoms with van der Waals surface area (Å²) in [5, 5.41) is 17.9. The van der Waals surface area contributed by atoms with E-state index in [9.17, 15) is 4.79 Å². The molecule has 0 radical (unpaired) electrons. The minimum Gasteiger partial charge on any atom is -0.514 e. The lowest BCUT2D eigenvalue weighted by atomic mass is 9.80. The Balaban J connectivity index is 0.000000435. The molecule has 2 aliphatic rings. The van der Waals surface area contributed by atoms with Crippen LogP contribution in [0.15, 0.2) is 73.4 Å². The highest BCUT2D eigenvalue weighted by atomic mass is 35.5. The molecule has 1 amide bonds. The lowest BCUT2D eigenvalue weighted by Crippen LogP contribution is -2.48. The number of rotatable bonds is 10. The van der Waals surface area contributed by atoms with Gasteiger partial charge in [-0.1, -0.05) is 88.9 Å². The van der Waals surface area contributed by atoms with Crippen LogP contribution in [0.1, 0.15) is 84.8 Å². The van der Waals surface area contributed by atoms with Crippen LogP contribution in [0, 0.1) is 17.2 Å². The van der Waals surface area contributed by atoms with Crippen molar-refractivity contribution in [3.8, 4) is 0 Å². The number of hydrogen-bond acceptors (Lipinski definition) is 6. The van der Waals surface area contributed by atoms with Crippen molar-refractivity contribution in [1.82, 2.24) is 15.2 Å². The first-order chi connectivity index (χ1) is 21.1. The summed E-state index contributed by atoms with van der Waals surface area (Å²) in [6.07, 6.45) is 16.1. The number of pyridine rings is 1. The molecule has 0 saturated carbocycles. The van der Waals surface area contributed by atoms with Gasteiger partial charge in [0.2, 0.25) is 5.91 Å². The first-order valence-corrected chi connectivity index (χ1v) is 16.3. The predicted octanol–water partition coefficient (Wildman–Crippen LogP) is 8.50. The average Bonchev–Trinajstić information content (AvgIpc) is 3.77. The highest BCUT2D eigenvalue weighted by Crippen LogP contribution is 2.55. The maximum atomic E-state index is 13.0. The number of allylic oxidation sites excluding steroid dienone is 2. The molecule has 8 heteroatoms. The number of likely N-dealkylation sites (tertiary alicyclic amines) is 1. The number of amides is 1. The molecule has 7 nitrogen and oxygen atoms in total. The van der Waals surface area contributed by atoms with Gasteiger partial charge in [0.1, 0.15) is 11.7 Å². The fourth-order valence-corrected chi connectivity index (χ4v) is 5.46. The Morgan fingerprint density at radius 3 is 2.32 bits per heavy atom. The molecule has 44 heavy (non-hydrogen) atoms. The van der Waals surface area contributed by atoms with Crippen molar-refractivity contribution in [1.29, 1.82) is 5.41 Å². The maximum absolute atomic E-state index is 13.0. The predicted molar refractivity (Wildman–Crippen MR) is 184 cm³/mol. The van der Waals surface area contributed by atoms with Crippen LogP contribution in [-0.4, -0.2) is 52.9 Å². The van der Waals surface area contributed by atoms with Crippen molar-refractivity contribution in [3.63, 3.8) is 0 Å². The van der Waals surface area contributed by atoms with Crippen LogP contribution in [-0.2, 0) is 21.6 Å². The second-order valence-corrected chi connectivity index (χ2v) is 11.6. The van der Waals surface area contributed by atoms with E-state index in [1.165, 1.54) is 30.2 Å². The summed E-state index contributed by atoms with van der Waals surface area (Å²) in [6.45, 7) is 14.0. The van der Waals surface area contributed by atoms with Gasteiger partial charge in [0.25, 0.3) is 0 Å². The Kier molecular flexibility index (Phi) is 19.0. The van der Waals surface area contributed by atoms with Gasteiger partial charge in [-0.05, 0) is 62.4 Å². The summed E-state index contributed by atoms with van der Waals surface area (Å²) in [7, 11) is 1.72. The van der Waals surface area contributed by atoms with E-state index >= 15 is 0 Å². The van der Waals surface area contributed by atoms with Gasteiger partial charge in [-0.25, -0.2) is 0 Å². The van der Waals surface area contributed by atoms with Crippen LogP contribution in [0.3, 0.4) is 0 Å². The summed E-state index contributed by atoms with van der Waals surface area (Å²) in [5.74, 6) is 0.871. The molecule has 244 valence electrons. The van der Waals surface area contributed by atoms with Gasteiger partial charge in [-0.2, -0.15) is 0 Å². The fourth-order valence-electron chi connectivity index (χ4n) is 5.34. The largest absolute Gasteiger partial charge is 0.514 e. The summed E-state index contributed by atoms with van der Waals surface area (Å²) in [5.41, 5.74) is 3.10. The van der Waals surface area contributed by atoms with Crippen molar-refractivity contribution < 1.29 is 14.6 Å². The van der Waals surface area contributed by atoms with Gasteiger partial charge in [0, 0.05) is 49.7 Å². The molecule has 2 saturated heterocycles. The number of ether oxygens (including phenoxy) is 1. The Morgan fingerprint density at radius 1 is 1.23 bits per heavy atom. The molecule has 3 N–H and O–H groups in total. The third-order valence-electron chi connectivity index (χ3n) is 7.78. The highest BCUT2D eigenvalue weighted by Gasteiger charge is 2.64. The molecule has 0 spiro atoms. The lowest BCUT2D eigenvalue weighted by molar-refractivity contribution is -0.137. The number of aryl methyl sites for hydroxylation is 1. The van der Waals surface area contributed by atoms with Gasteiger partial charge < -0.3 is 25.5 Å². The summed E-state index contributed by atoms with van der Waals surface area (Å²) in [4.78, 5) is 18.9. The van der Waals surface area contributed by atoms with Crippen LogP contribution in [0.4, 0.5) is 0 Å². The van der Waals surface area contributed by atoms with E-state index in [2.05, 4.69) is 67.2 Å². The Morgan fingerprint density at radius 2 is 1.93 bits per heavy atom. The zero-order valence-corrected chi connectivity index (χ0v) is 28.6. The molecule has 4 rings (SSSR count). The number of halogens is 1. The molecular formula is C36H55ClN4O3. The Labute approximate surface area is 271 Å². The van der Waals surface area contributed by atoms with E-state index in [-0.39, 0.29) is 17.6 Å². The number of carbonyl (C=O) groups excluding carboxylic acids is 1. The van der Waals surface area contributed by atoms with Crippen LogP contribution >= 0.6 is 11.6 Å². The second kappa shape index (κ2) is 21.5. The summed E-state index contributed by atoms with van der Waals surface area (Å²) < 4.78 is 6.24. The zero-order valence-electron chi connectivity index (χ0n) is 27.9. The summed E-state index contributed by atoms with van der Waals surface area (Å²) >= 11 is 5.48. The molecule has 0 bridgehead atoms. The van der Waals surface area contributed by atoms with Crippen molar-refractivity contribution in [2.24, 2.45) is 11.8 Å². The number of nitrogens with zero attached hydrogens (tertiary/aromatic N) is 2. The number of fused-ring (bicyclic) bond motifs is 1. The molecule has 0 aliphatic carbocycles. The molecule has 4 unspecified atom stereocenters. The topological polar surface area (TPSA) is 102 Å². The number of carbonyl (C=O) groups is 1.